The zero-order valence-electron chi connectivity index (χ0n) is 9.90. The van der Waals surface area contributed by atoms with Gasteiger partial charge in [-0.1, -0.05) is 33.6 Å². The van der Waals surface area contributed by atoms with Crippen LogP contribution in [0.2, 0.25) is 5.02 Å². The molecule has 1 heterocycles. The average molecular weight is 337 g/mol. The lowest BCUT2D eigenvalue weighted by Gasteiger charge is -2.14. The van der Waals surface area contributed by atoms with E-state index in [1.165, 1.54) is 0 Å². The van der Waals surface area contributed by atoms with Crippen LogP contribution in [0.25, 0.3) is 10.9 Å². The van der Waals surface area contributed by atoms with E-state index in [2.05, 4.69) is 20.9 Å². The minimum atomic E-state index is -0.702. The average Bonchev–Trinajstić information content (AvgIpc) is 2.88. The van der Waals surface area contributed by atoms with Crippen LogP contribution in [0.4, 0.5) is 0 Å². The third-order valence-corrected chi connectivity index (χ3v) is 4.10. The maximum Gasteiger partial charge on any atom is 0.105 e. The molecule has 3 rings (SSSR count). The topological polar surface area (TPSA) is 36.0 Å². The van der Waals surface area contributed by atoms with Gasteiger partial charge in [0.1, 0.15) is 6.10 Å². The van der Waals surface area contributed by atoms with E-state index < -0.39 is 6.10 Å². The van der Waals surface area contributed by atoms with Crippen molar-refractivity contribution in [1.29, 1.82) is 0 Å². The lowest BCUT2D eigenvalue weighted by molar-refractivity contribution is 0.219. The van der Waals surface area contributed by atoms with E-state index >= 15 is 0 Å². The molecular weight excluding hydrogens is 326 g/mol. The van der Waals surface area contributed by atoms with E-state index in [9.17, 15) is 5.11 Å². The highest BCUT2D eigenvalue weighted by Gasteiger charge is 2.14. The van der Waals surface area contributed by atoms with Gasteiger partial charge in [-0.3, -0.25) is 0 Å². The molecular formula is C15H11BrClNO. The van der Waals surface area contributed by atoms with E-state index in [1.54, 1.807) is 12.1 Å². The number of halogens is 2. The van der Waals surface area contributed by atoms with Gasteiger partial charge in [0.15, 0.2) is 0 Å². The lowest BCUT2D eigenvalue weighted by atomic mass is 10.0. The Morgan fingerprint density at radius 1 is 1.11 bits per heavy atom. The van der Waals surface area contributed by atoms with Gasteiger partial charge in [-0.05, 0) is 47.3 Å². The zero-order chi connectivity index (χ0) is 13.4. The highest BCUT2D eigenvalue weighted by atomic mass is 79.9. The molecule has 0 spiro atoms. The minimum Gasteiger partial charge on any atom is -0.384 e. The summed E-state index contributed by atoms with van der Waals surface area (Å²) in [6.07, 6.45) is 1.18. The first-order chi connectivity index (χ1) is 9.15. The Balaban J connectivity index is 2.07. The van der Waals surface area contributed by atoms with E-state index in [4.69, 9.17) is 11.6 Å². The second-order valence-corrected chi connectivity index (χ2v) is 5.68. The first-order valence-electron chi connectivity index (χ1n) is 5.85. The standard InChI is InChI=1S/C15H11BrClNO/c16-13-3-2-11(17)8-12(13)15(19)10-1-4-14-9(7-10)5-6-18-14/h1-8,15,18-19H. The van der Waals surface area contributed by atoms with Crippen molar-refractivity contribution in [2.75, 3.05) is 0 Å². The largest absolute Gasteiger partial charge is 0.384 e. The number of hydrogen-bond acceptors (Lipinski definition) is 1. The number of aromatic nitrogens is 1. The number of fused-ring (bicyclic) bond motifs is 1. The van der Waals surface area contributed by atoms with Crippen LogP contribution in [0.3, 0.4) is 0 Å². The van der Waals surface area contributed by atoms with Crippen molar-refractivity contribution < 1.29 is 5.11 Å². The molecule has 0 aliphatic heterocycles. The Morgan fingerprint density at radius 3 is 2.79 bits per heavy atom. The minimum absolute atomic E-state index is 0.611. The molecule has 1 aromatic heterocycles. The number of aliphatic hydroxyl groups excluding tert-OH is 1. The summed E-state index contributed by atoms with van der Waals surface area (Å²) in [5.74, 6) is 0. The Morgan fingerprint density at radius 2 is 1.95 bits per heavy atom. The fourth-order valence-corrected chi connectivity index (χ4v) is 2.79. The van der Waals surface area contributed by atoms with Crippen LogP contribution in [0, 0.1) is 0 Å². The quantitative estimate of drug-likeness (QED) is 0.701. The highest BCUT2D eigenvalue weighted by Crippen LogP contribution is 2.31. The van der Waals surface area contributed by atoms with Crippen LogP contribution in [0.15, 0.2) is 53.1 Å². The highest BCUT2D eigenvalue weighted by molar-refractivity contribution is 9.10. The van der Waals surface area contributed by atoms with E-state index in [1.807, 2.05) is 36.5 Å². The monoisotopic (exact) mass is 335 g/mol. The second-order valence-electron chi connectivity index (χ2n) is 4.39. The van der Waals surface area contributed by atoms with Gasteiger partial charge in [0.25, 0.3) is 0 Å². The van der Waals surface area contributed by atoms with Crippen molar-refractivity contribution in [1.82, 2.24) is 4.98 Å². The summed E-state index contributed by atoms with van der Waals surface area (Å²) in [5, 5.41) is 12.2. The predicted octanol–water partition coefficient (Wildman–Crippen LogP) is 4.67. The SMILES string of the molecule is OC(c1ccc2[nH]ccc2c1)c1cc(Cl)ccc1Br. The fourth-order valence-electron chi connectivity index (χ4n) is 2.15. The molecule has 0 aliphatic carbocycles. The molecule has 0 saturated heterocycles. The fraction of sp³-hybridized carbons (Fsp3) is 0.0667. The molecule has 4 heteroatoms. The molecule has 1 atom stereocenters. The van der Waals surface area contributed by atoms with Gasteiger partial charge in [0.05, 0.1) is 0 Å². The summed E-state index contributed by atoms with van der Waals surface area (Å²) in [5.41, 5.74) is 2.67. The Labute approximate surface area is 124 Å². The molecule has 19 heavy (non-hydrogen) atoms. The van der Waals surface area contributed by atoms with Crippen molar-refractivity contribution in [3.8, 4) is 0 Å². The molecule has 0 radical (unpaired) electrons. The summed E-state index contributed by atoms with van der Waals surface area (Å²) >= 11 is 9.43. The molecule has 2 nitrogen and oxygen atoms in total. The number of rotatable bonds is 2. The number of nitrogens with one attached hydrogen (secondary N) is 1. The van der Waals surface area contributed by atoms with Gasteiger partial charge in [-0.15, -0.1) is 0 Å². The van der Waals surface area contributed by atoms with Crippen LogP contribution < -0.4 is 0 Å². The molecule has 0 fully saturated rings. The van der Waals surface area contributed by atoms with Gasteiger partial charge in [-0.25, -0.2) is 0 Å². The van der Waals surface area contributed by atoms with Crippen molar-refractivity contribution in [2.45, 2.75) is 6.10 Å². The summed E-state index contributed by atoms with van der Waals surface area (Å²) in [6, 6.07) is 13.2. The summed E-state index contributed by atoms with van der Waals surface area (Å²) in [4.78, 5) is 3.13. The Kier molecular flexibility index (Phi) is 3.35. The molecule has 2 aromatic carbocycles. The number of aromatic amines is 1. The first kappa shape index (κ1) is 12.7. The maximum absolute atomic E-state index is 10.5. The molecule has 1 unspecified atom stereocenters. The summed E-state index contributed by atoms with van der Waals surface area (Å²) < 4.78 is 0.846. The van der Waals surface area contributed by atoms with Crippen molar-refractivity contribution >= 4 is 38.4 Å². The molecule has 0 bridgehead atoms. The van der Waals surface area contributed by atoms with Gasteiger partial charge in [-0.2, -0.15) is 0 Å². The summed E-state index contributed by atoms with van der Waals surface area (Å²) in [6.45, 7) is 0. The van der Waals surface area contributed by atoms with Crippen LogP contribution in [-0.4, -0.2) is 10.1 Å². The van der Waals surface area contributed by atoms with Gasteiger partial charge < -0.3 is 10.1 Å². The summed E-state index contributed by atoms with van der Waals surface area (Å²) in [7, 11) is 0. The van der Waals surface area contributed by atoms with E-state index in [-0.39, 0.29) is 0 Å². The number of hydrogen-bond donors (Lipinski definition) is 2. The third kappa shape index (κ3) is 2.41. The molecule has 0 saturated carbocycles. The number of H-pyrrole nitrogens is 1. The molecule has 3 aromatic rings. The van der Waals surface area contributed by atoms with E-state index in [0.717, 1.165) is 26.5 Å². The van der Waals surface area contributed by atoms with Crippen molar-refractivity contribution in [2.24, 2.45) is 0 Å². The number of aliphatic hydroxyl groups is 1. The Bertz CT molecular complexity index is 738. The first-order valence-corrected chi connectivity index (χ1v) is 7.02. The van der Waals surface area contributed by atoms with Gasteiger partial charge in [0.2, 0.25) is 0 Å². The molecule has 0 aliphatic rings. The predicted molar refractivity (Wildman–Crippen MR) is 81.5 cm³/mol. The van der Waals surface area contributed by atoms with Crippen molar-refractivity contribution in [3.05, 3.63) is 69.3 Å². The van der Waals surface area contributed by atoms with E-state index in [0.29, 0.717) is 5.02 Å². The third-order valence-electron chi connectivity index (χ3n) is 3.15. The second kappa shape index (κ2) is 5.00. The van der Waals surface area contributed by atoms with Crippen LogP contribution in [0.5, 0.6) is 0 Å². The maximum atomic E-state index is 10.5. The van der Waals surface area contributed by atoms with Crippen LogP contribution in [0.1, 0.15) is 17.2 Å². The normalized spacial score (nSPS) is 12.8. The van der Waals surface area contributed by atoms with Crippen molar-refractivity contribution in [3.63, 3.8) is 0 Å². The smallest absolute Gasteiger partial charge is 0.105 e. The lowest BCUT2D eigenvalue weighted by Crippen LogP contribution is -2.00. The zero-order valence-corrected chi connectivity index (χ0v) is 12.2. The van der Waals surface area contributed by atoms with Gasteiger partial charge >= 0.3 is 0 Å². The van der Waals surface area contributed by atoms with Crippen LogP contribution in [-0.2, 0) is 0 Å². The van der Waals surface area contributed by atoms with Gasteiger partial charge in [0, 0.05) is 26.8 Å². The number of benzene rings is 2. The molecule has 2 N–H and O–H groups in total. The molecule has 96 valence electrons. The van der Waals surface area contributed by atoms with Crippen LogP contribution >= 0.6 is 27.5 Å². The Hall–Kier alpha value is -1.29. The molecule has 0 amide bonds.